The van der Waals surface area contributed by atoms with Gasteiger partial charge in [0.2, 0.25) is 0 Å². The molecule has 6 heteroatoms. The molecule has 0 radical (unpaired) electrons. The van der Waals surface area contributed by atoms with Crippen LogP contribution in [0.15, 0.2) is 36.7 Å². The van der Waals surface area contributed by atoms with E-state index in [4.69, 9.17) is 0 Å². The molecule has 0 spiro atoms. The predicted molar refractivity (Wildman–Crippen MR) is 74.0 cm³/mol. The van der Waals surface area contributed by atoms with Gasteiger partial charge in [-0.2, -0.15) is 5.10 Å². The summed E-state index contributed by atoms with van der Waals surface area (Å²) in [6.07, 6.45) is 3.32. The molecule has 0 atom stereocenters. The molecule has 2 aromatic heterocycles. The zero-order valence-electron chi connectivity index (χ0n) is 10.9. The van der Waals surface area contributed by atoms with E-state index in [0.29, 0.717) is 17.9 Å². The average molecular weight is 267 g/mol. The highest BCUT2D eigenvalue weighted by atomic mass is 16.1. The van der Waals surface area contributed by atoms with Crippen LogP contribution in [-0.2, 0) is 6.54 Å². The monoisotopic (exact) mass is 267 g/mol. The maximum Gasteiger partial charge on any atom is 0.272 e. The van der Waals surface area contributed by atoms with Crippen LogP contribution >= 0.6 is 0 Å². The van der Waals surface area contributed by atoms with Gasteiger partial charge in [0.15, 0.2) is 5.69 Å². The van der Waals surface area contributed by atoms with E-state index in [0.717, 1.165) is 16.6 Å². The first-order chi connectivity index (χ1) is 9.74. The molecule has 20 heavy (non-hydrogen) atoms. The Kier molecular flexibility index (Phi) is 3.12. The van der Waals surface area contributed by atoms with Crippen LogP contribution in [0.5, 0.6) is 0 Å². The Morgan fingerprint density at radius 2 is 2.10 bits per heavy atom. The number of nitrogens with one attached hydrogen (secondary N) is 2. The van der Waals surface area contributed by atoms with E-state index in [-0.39, 0.29) is 5.91 Å². The van der Waals surface area contributed by atoms with E-state index < -0.39 is 0 Å². The Bertz CT molecular complexity index is 748. The Morgan fingerprint density at radius 3 is 2.90 bits per heavy atom. The topological polar surface area (TPSA) is 83.6 Å². The molecule has 0 aliphatic heterocycles. The number of rotatable bonds is 3. The van der Waals surface area contributed by atoms with E-state index in [9.17, 15) is 4.79 Å². The van der Waals surface area contributed by atoms with Crippen molar-refractivity contribution in [3.8, 4) is 0 Å². The smallest absolute Gasteiger partial charge is 0.272 e. The molecule has 1 amide bonds. The molecule has 2 heterocycles. The number of hydrogen-bond acceptors (Lipinski definition) is 4. The quantitative estimate of drug-likeness (QED) is 0.754. The maximum absolute atomic E-state index is 12.1. The zero-order valence-corrected chi connectivity index (χ0v) is 10.9. The summed E-state index contributed by atoms with van der Waals surface area (Å²) >= 11 is 0. The molecule has 6 nitrogen and oxygen atoms in total. The number of aromatic nitrogens is 4. The first-order valence-corrected chi connectivity index (χ1v) is 6.23. The van der Waals surface area contributed by atoms with Crippen molar-refractivity contribution in [1.29, 1.82) is 0 Å². The summed E-state index contributed by atoms with van der Waals surface area (Å²) in [6, 6.07) is 7.51. The SMILES string of the molecule is Cc1cnc(CNC(=O)c2n[nH]c3ccccc23)cn1. The number of carbonyl (C=O) groups excluding carboxylic acids is 1. The maximum atomic E-state index is 12.1. The minimum absolute atomic E-state index is 0.232. The lowest BCUT2D eigenvalue weighted by molar-refractivity contribution is 0.0947. The first kappa shape index (κ1) is 12.3. The molecule has 1 aromatic carbocycles. The second-order valence-electron chi connectivity index (χ2n) is 4.45. The minimum Gasteiger partial charge on any atom is -0.345 e. The lowest BCUT2D eigenvalue weighted by Crippen LogP contribution is -2.24. The molecule has 0 bridgehead atoms. The van der Waals surface area contributed by atoms with Crippen molar-refractivity contribution in [1.82, 2.24) is 25.5 Å². The fourth-order valence-corrected chi connectivity index (χ4v) is 1.90. The van der Waals surface area contributed by atoms with Crippen LogP contribution in [0.25, 0.3) is 10.9 Å². The molecule has 3 aromatic rings. The molecule has 0 saturated heterocycles. The number of aryl methyl sites for hydroxylation is 1. The van der Waals surface area contributed by atoms with Gasteiger partial charge in [-0.25, -0.2) is 0 Å². The molecule has 0 aliphatic rings. The van der Waals surface area contributed by atoms with Gasteiger partial charge in [-0.1, -0.05) is 18.2 Å². The standard InChI is InChI=1S/C14H13N5O/c1-9-6-16-10(7-15-9)8-17-14(20)13-11-4-2-3-5-12(11)18-19-13/h2-7H,8H2,1H3,(H,17,20)(H,18,19). The van der Waals surface area contributed by atoms with Gasteiger partial charge in [0.25, 0.3) is 5.91 Å². The van der Waals surface area contributed by atoms with Gasteiger partial charge in [-0.3, -0.25) is 19.9 Å². The van der Waals surface area contributed by atoms with Gasteiger partial charge in [0.1, 0.15) is 0 Å². The van der Waals surface area contributed by atoms with Crippen LogP contribution in [-0.4, -0.2) is 26.1 Å². The second-order valence-corrected chi connectivity index (χ2v) is 4.45. The van der Waals surface area contributed by atoms with E-state index in [1.54, 1.807) is 12.4 Å². The lowest BCUT2D eigenvalue weighted by atomic mass is 10.2. The van der Waals surface area contributed by atoms with Gasteiger partial charge in [0, 0.05) is 11.6 Å². The fraction of sp³-hybridized carbons (Fsp3) is 0.143. The van der Waals surface area contributed by atoms with Crippen LogP contribution in [0, 0.1) is 6.92 Å². The summed E-state index contributed by atoms with van der Waals surface area (Å²) in [5.41, 5.74) is 2.79. The van der Waals surface area contributed by atoms with Gasteiger partial charge >= 0.3 is 0 Å². The van der Waals surface area contributed by atoms with Crippen molar-refractivity contribution in [3.05, 3.63) is 53.7 Å². The lowest BCUT2D eigenvalue weighted by Gasteiger charge is -2.03. The molecule has 0 unspecified atom stereocenters. The van der Waals surface area contributed by atoms with Crippen LogP contribution in [0.2, 0.25) is 0 Å². The predicted octanol–water partition coefficient (Wildman–Crippen LogP) is 1.59. The summed E-state index contributed by atoms with van der Waals surface area (Å²) in [7, 11) is 0. The number of carbonyl (C=O) groups is 1. The van der Waals surface area contributed by atoms with Crippen molar-refractivity contribution in [2.45, 2.75) is 13.5 Å². The molecular weight excluding hydrogens is 254 g/mol. The fourth-order valence-electron chi connectivity index (χ4n) is 1.90. The third-order valence-corrected chi connectivity index (χ3v) is 2.95. The third-order valence-electron chi connectivity index (χ3n) is 2.95. The summed E-state index contributed by atoms with van der Waals surface area (Å²) in [5.74, 6) is -0.232. The van der Waals surface area contributed by atoms with Crippen molar-refractivity contribution in [3.63, 3.8) is 0 Å². The normalized spacial score (nSPS) is 10.7. The van der Waals surface area contributed by atoms with Crippen molar-refractivity contribution in [2.24, 2.45) is 0 Å². The van der Waals surface area contributed by atoms with Crippen molar-refractivity contribution >= 4 is 16.8 Å². The molecule has 3 rings (SSSR count). The van der Waals surface area contributed by atoms with Crippen LogP contribution in [0.3, 0.4) is 0 Å². The van der Waals surface area contributed by atoms with Crippen LogP contribution in [0.1, 0.15) is 21.9 Å². The Morgan fingerprint density at radius 1 is 1.25 bits per heavy atom. The van der Waals surface area contributed by atoms with Gasteiger partial charge in [-0.05, 0) is 13.0 Å². The first-order valence-electron chi connectivity index (χ1n) is 6.23. The van der Waals surface area contributed by atoms with Crippen LogP contribution < -0.4 is 5.32 Å². The van der Waals surface area contributed by atoms with E-state index in [2.05, 4.69) is 25.5 Å². The number of H-pyrrole nitrogens is 1. The summed E-state index contributed by atoms with van der Waals surface area (Å²) in [6.45, 7) is 2.19. The number of hydrogen-bond donors (Lipinski definition) is 2. The Hall–Kier alpha value is -2.76. The number of benzene rings is 1. The van der Waals surface area contributed by atoms with Gasteiger partial charge in [-0.15, -0.1) is 0 Å². The molecule has 0 aliphatic carbocycles. The highest BCUT2D eigenvalue weighted by molar-refractivity contribution is 6.04. The minimum atomic E-state index is -0.232. The largest absolute Gasteiger partial charge is 0.345 e. The molecule has 100 valence electrons. The number of para-hydroxylation sites is 1. The Labute approximate surface area is 115 Å². The highest BCUT2D eigenvalue weighted by Gasteiger charge is 2.13. The number of aromatic amines is 1. The summed E-state index contributed by atoms with van der Waals surface area (Å²) in [5, 5.41) is 10.5. The van der Waals surface area contributed by atoms with Gasteiger partial charge < -0.3 is 5.32 Å². The second kappa shape index (κ2) is 5.08. The summed E-state index contributed by atoms with van der Waals surface area (Å²) < 4.78 is 0. The van der Waals surface area contributed by atoms with Crippen LogP contribution in [0.4, 0.5) is 0 Å². The molecule has 2 N–H and O–H groups in total. The number of amides is 1. The van der Waals surface area contributed by atoms with Crippen molar-refractivity contribution in [2.75, 3.05) is 0 Å². The van der Waals surface area contributed by atoms with E-state index in [1.165, 1.54) is 0 Å². The molecular formula is C14H13N5O. The average Bonchev–Trinajstić information content (AvgIpc) is 2.90. The molecule has 0 saturated carbocycles. The zero-order chi connectivity index (χ0) is 13.9. The van der Waals surface area contributed by atoms with E-state index >= 15 is 0 Å². The van der Waals surface area contributed by atoms with Gasteiger partial charge in [0.05, 0.1) is 29.6 Å². The van der Waals surface area contributed by atoms with E-state index in [1.807, 2.05) is 31.2 Å². The Balaban J connectivity index is 1.75. The van der Waals surface area contributed by atoms with Crippen molar-refractivity contribution < 1.29 is 4.79 Å². The number of nitrogens with zero attached hydrogens (tertiary/aromatic N) is 3. The molecule has 0 fully saturated rings. The number of fused-ring (bicyclic) bond motifs is 1. The highest BCUT2D eigenvalue weighted by Crippen LogP contribution is 2.14. The summed E-state index contributed by atoms with van der Waals surface area (Å²) in [4.78, 5) is 20.4. The third kappa shape index (κ3) is 2.35.